The lowest BCUT2D eigenvalue weighted by Gasteiger charge is -2.10. The molecular formula is C26H18F4N6O. The van der Waals surface area contributed by atoms with Crippen molar-refractivity contribution in [1.82, 2.24) is 24.6 Å². The summed E-state index contributed by atoms with van der Waals surface area (Å²) in [5.74, 6) is -0.723. The van der Waals surface area contributed by atoms with Crippen LogP contribution in [-0.2, 0) is 23.8 Å². The summed E-state index contributed by atoms with van der Waals surface area (Å²) in [6, 6.07) is 10.9. The summed E-state index contributed by atoms with van der Waals surface area (Å²) in [6.07, 6.45) is 4.08. The van der Waals surface area contributed by atoms with E-state index in [9.17, 15) is 22.4 Å². The predicted octanol–water partition coefficient (Wildman–Crippen LogP) is 5.12. The highest BCUT2D eigenvalue weighted by atomic mass is 19.4. The summed E-state index contributed by atoms with van der Waals surface area (Å²) < 4.78 is 55.0. The van der Waals surface area contributed by atoms with Gasteiger partial charge in [0.15, 0.2) is 0 Å². The molecule has 0 radical (unpaired) electrons. The normalized spacial score (nSPS) is 11.6. The van der Waals surface area contributed by atoms with Crippen LogP contribution in [0.25, 0.3) is 16.6 Å². The van der Waals surface area contributed by atoms with E-state index < -0.39 is 23.5 Å². The van der Waals surface area contributed by atoms with Crippen molar-refractivity contribution >= 4 is 17.1 Å². The van der Waals surface area contributed by atoms with Gasteiger partial charge in [0, 0.05) is 42.3 Å². The number of amides is 1. The van der Waals surface area contributed by atoms with Gasteiger partial charge < -0.3 is 5.32 Å². The van der Waals surface area contributed by atoms with Crippen molar-refractivity contribution in [1.29, 1.82) is 0 Å². The van der Waals surface area contributed by atoms with Gasteiger partial charge in [0.25, 0.3) is 0 Å². The number of anilines is 1. The Bertz CT molecular complexity index is 1580. The summed E-state index contributed by atoms with van der Waals surface area (Å²) in [4.78, 5) is 24.6. The van der Waals surface area contributed by atoms with Crippen LogP contribution in [0.4, 0.5) is 23.2 Å². The van der Waals surface area contributed by atoms with Gasteiger partial charge in [0.2, 0.25) is 5.91 Å². The maximum absolute atomic E-state index is 14.7. The molecule has 1 N–H and O–H groups in total. The van der Waals surface area contributed by atoms with Crippen LogP contribution in [0.3, 0.4) is 0 Å². The highest BCUT2D eigenvalue weighted by Crippen LogP contribution is 2.30. The van der Waals surface area contributed by atoms with Crippen LogP contribution in [0.2, 0.25) is 0 Å². The average molecular weight is 506 g/mol. The van der Waals surface area contributed by atoms with Gasteiger partial charge in [-0.3, -0.25) is 9.78 Å². The molecule has 186 valence electrons. The molecule has 1 aromatic carbocycles. The fourth-order valence-electron chi connectivity index (χ4n) is 3.80. The zero-order chi connectivity index (χ0) is 26.0. The van der Waals surface area contributed by atoms with Crippen molar-refractivity contribution < 1.29 is 22.4 Å². The Hall–Kier alpha value is -4.67. The molecule has 0 saturated carbocycles. The summed E-state index contributed by atoms with van der Waals surface area (Å²) in [5, 5.41) is 6.62. The Kier molecular flexibility index (Phi) is 6.34. The number of halogens is 4. The maximum Gasteiger partial charge on any atom is 0.417 e. The minimum absolute atomic E-state index is 0.0896. The molecule has 4 aromatic heterocycles. The quantitative estimate of drug-likeness (QED) is 0.324. The van der Waals surface area contributed by atoms with Crippen molar-refractivity contribution in [3.05, 3.63) is 108 Å². The molecule has 0 unspecified atom stereocenters. The van der Waals surface area contributed by atoms with Gasteiger partial charge >= 0.3 is 6.18 Å². The first-order valence-electron chi connectivity index (χ1n) is 11.1. The lowest BCUT2D eigenvalue weighted by atomic mass is 10.0. The fraction of sp³-hybridized carbons (Fsp3) is 0.115. The van der Waals surface area contributed by atoms with E-state index in [0.717, 1.165) is 23.3 Å². The third kappa shape index (κ3) is 5.45. The van der Waals surface area contributed by atoms with Crippen molar-refractivity contribution in [3.8, 4) is 11.1 Å². The van der Waals surface area contributed by atoms with Gasteiger partial charge in [0.05, 0.1) is 35.6 Å². The van der Waals surface area contributed by atoms with Gasteiger partial charge in [-0.2, -0.15) is 18.3 Å². The van der Waals surface area contributed by atoms with Crippen LogP contribution in [0, 0.1) is 5.82 Å². The zero-order valence-electron chi connectivity index (χ0n) is 19.1. The molecule has 11 heteroatoms. The minimum Gasteiger partial charge on any atom is -0.324 e. The van der Waals surface area contributed by atoms with Crippen molar-refractivity contribution in [2.24, 2.45) is 0 Å². The summed E-state index contributed by atoms with van der Waals surface area (Å²) in [5.41, 5.74) is 2.02. The number of benzene rings is 1. The van der Waals surface area contributed by atoms with Crippen molar-refractivity contribution in [2.45, 2.75) is 19.0 Å². The molecule has 1 amide bonds. The van der Waals surface area contributed by atoms with E-state index >= 15 is 0 Å². The van der Waals surface area contributed by atoms with E-state index in [1.54, 1.807) is 29.2 Å². The molecule has 37 heavy (non-hydrogen) atoms. The van der Waals surface area contributed by atoms with E-state index in [-0.39, 0.29) is 17.7 Å². The standard InChI is InChI=1S/C26H18F4N6O/c27-22-7-16(4-5-17(22)9-25(37)35-21-10-20(14-31-15-21)26(28,29)30)19-11-32-24(33-12-19)8-18-13-34-36-6-2-1-3-23(18)36/h1-7,10-15H,8-9H2,(H,35,37). The number of nitrogens with zero attached hydrogens (tertiary/aromatic N) is 5. The minimum atomic E-state index is -4.59. The van der Waals surface area contributed by atoms with Gasteiger partial charge in [-0.1, -0.05) is 18.2 Å². The number of aromatic nitrogens is 5. The molecule has 0 spiro atoms. The Balaban J connectivity index is 1.25. The number of hydrogen-bond acceptors (Lipinski definition) is 5. The molecule has 0 atom stereocenters. The van der Waals surface area contributed by atoms with Crippen LogP contribution in [0.15, 0.2) is 79.6 Å². The second-order valence-corrected chi connectivity index (χ2v) is 8.26. The van der Waals surface area contributed by atoms with Crippen LogP contribution < -0.4 is 5.32 Å². The van der Waals surface area contributed by atoms with Gasteiger partial charge in [-0.05, 0) is 35.4 Å². The Labute approximate surface area is 207 Å². The summed E-state index contributed by atoms with van der Waals surface area (Å²) in [7, 11) is 0. The molecular weight excluding hydrogens is 488 g/mol. The van der Waals surface area contributed by atoms with Crippen molar-refractivity contribution in [2.75, 3.05) is 5.32 Å². The summed E-state index contributed by atoms with van der Waals surface area (Å²) in [6.45, 7) is 0. The first-order valence-corrected chi connectivity index (χ1v) is 11.1. The number of carbonyl (C=O) groups is 1. The number of pyridine rings is 2. The van der Waals surface area contributed by atoms with Crippen LogP contribution in [0.5, 0.6) is 0 Å². The Morgan fingerprint density at radius 3 is 2.49 bits per heavy atom. The smallest absolute Gasteiger partial charge is 0.324 e. The van der Waals surface area contributed by atoms with Gasteiger partial charge in [0.1, 0.15) is 11.6 Å². The zero-order valence-corrected chi connectivity index (χ0v) is 19.1. The lowest BCUT2D eigenvalue weighted by Crippen LogP contribution is -2.16. The molecule has 4 heterocycles. The topological polar surface area (TPSA) is 85.1 Å². The van der Waals surface area contributed by atoms with E-state index in [0.29, 0.717) is 29.6 Å². The summed E-state index contributed by atoms with van der Waals surface area (Å²) >= 11 is 0. The lowest BCUT2D eigenvalue weighted by molar-refractivity contribution is -0.137. The molecule has 0 fully saturated rings. The van der Waals surface area contributed by atoms with E-state index in [2.05, 4.69) is 25.4 Å². The molecule has 0 bridgehead atoms. The fourth-order valence-corrected chi connectivity index (χ4v) is 3.80. The van der Waals surface area contributed by atoms with E-state index in [1.165, 1.54) is 12.1 Å². The number of carbonyl (C=O) groups excluding carboxylic acids is 1. The molecule has 0 aliphatic carbocycles. The third-order valence-electron chi connectivity index (χ3n) is 5.65. The van der Waals surface area contributed by atoms with Gasteiger partial charge in [-0.25, -0.2) is 18.9 Å². The predicted molar refractivity (Wildman–Crippen MR) is 127 cm³/mol. The van der Waals surface area contributed by atoms with Crippen LogP contribution in [-0.4, -0.2) is 30.5 Å². The van der Waals surface area contributed by atoms with Crippen LogP contribution in [0.1, 0.15) is 22.5 Å². The first kappa shape index (κ1) is 24.0. The molecule has 5 rings (SSSR count). The maximum atomic E-state index is 14.7. The number of nitrogens with one attached hydrogen (secondary N) is 1. The Morgan fingerprint density at radius 1 is 0.919 bits per heavy atom. The first-order chi connectivity index (χ1) is 17.8. The van der Waals surface area contributed by atoms with E-state index in [4.69, 9.17) is 0 Å². The molecule has 7 nitrogen and oxygen atoms in total. The largest absolute Gasteiger partial charge is 0.417 e. The van der Waals surface area contributed by atoms with Crippen LogP contribution >= 0.6 is 0 Å². The van der Waals surface area contributed by atoms with Gasteiger partial charge in [-0.15, -0.1) is 0 Å². The average Bonchev–Trinajstić information content (AvgIpc) is 3.28. The second kappa shape index (κ2) is 9.76. The Morgan fingerprint density at radius 2 is 1.73 bits per heavy atom. The number of alkyl halides is 3. The second-order valence-electron chi connectivity index (χ2n) is 8.26. The molecule has 0 aliphatic heterocycles. The number of fused-ring (bicyclic) bond motifs is 1. The SMILES string of the molecule is O=C(Cc1ccc(-c2cnc(Cc3cnn4ccccc34)nc2)cc1F)Nc1cncc(C(F)(F)F)c1. The number of rotatable bonds is 6. The number of hydrogen-bond donors (Lipinski definition) is 1. The highest BCUT2D eigenvalue weighted by Gasteiger charge is 2.31. The highest BCUT2D eigenvalue weighted by molar-refractivity contribution is 5.92. The molecule has 0 aliphatic rings. The molecule has 0 saturated heterocycles. The van der Waals surface area contributed by atoms with E-state index in [1.807, 2.05) is 24.4 Å². The third-order valence-corrected chi connectivity index (χ3v) is 5.65. The van der Waals surface area contributed by atoms with Crippen molar-refractivity contribution in [3.63, 3.8) is 0 Å². The monoisotopic (exact) mass is 506 g/mol. The molecule has 5 aromatic rings.